The summed E-state index contributed by atoms with van der Waals surface area (Å²) in [6.07, 6.45) is 6.20. The highest BCUT2D eigenvalue weighted by Crippen LogP contribution is 2.27. The highest BCUT2D eigenvalue weighted by atomic mass is 35.5. The van der Waals surface area contributed by atoms with Crippen LogP contribution in [0, 0.1) is 6.92 Å². The fourth-order valence-corrected chi connectivity index (χ4v) is 3.70. The normalized spacial score (nSPS) is 15.6. The van der Waals surface area contributed by atoms with E-state index in [0.29, 0.717) is 10.6 Å². The van der Waals surface area contributed by atoms with E-state index in [0.717, 1.165) is 36.5 Å². The van der Waals surface area contributed by atoms with Gasteiger partial charge in [0.1, 0.15) is 0 Å². The van der Waals surface area contributed by atoms with Crippen LogP contribution >= 0.6 is 11.6 Å². The van der Waals surface area contributed by atoms with E-state index < -0.39 is 0 Å². The summed E-state index contributed by atoms with van der Waals surface area (Å²) in [4.78, 5) is 19.7. The lowest BCUT2D eigenvalue weighted by atomic mass is 10.0. The van der Waals surface area contributed by atoms with Crippen LogP contribution < -0.4 is 10.2 Å². The number of nitrogens with zero attached hydrogens (tertiary/aromatic N) is 2. The molecule has 0 aliphatic carbocycles. The third-order valence-electron chi connectivity index (χ3n) is 5.01. The lowest BCUT2D eigenvalue weighted by molar-refractivity contribution is 0.0934. The van der Waals surface area contributed by atoms with Gasteiger partial charge in [0.15, 0.2) is 0 Å². The van der Waals surface area contributed by atoms with Crippen molar-refractivity contribution in [3.63, 3.8) is 0 Å². The van der Waals surface area contributed by atoms with Crippen molar-refractivity contribution in [2.75, 3.05) is 18.0 Å². The molecule has 1 aromatic carbocycles. The molecule has 0 saturated carbocycles. The topological polar surface area (TPSA) is 45.2 Å². The number of pyridine rings is 1. The van der Waals surface area contributed by atoms with Gasteiger partial charge in [-0.3, -0.25) is 9.78 Å². The first kappa shape index (κ1) is 18.7. The molecule has 0 unspecified atom stereocenters. The Kier molecular flexibility index (Phi) is 6.15. The summed E-state index contributed by atoms with van der Waals surface area (Å²) in [5.41, 5.74) is 3.59. The van der Waals surface area contributed by atoms with Crippen LogP contribution in [0.5, 0.6) is 0 Å². The van der Waals surface area contributed by atoms with Gasteiger partial charge in [-0.05, 0) is 62.4 Å². The van der Waals surface area contributed by atoms with Crippen molar-refractivity contribution in [1.82, 2.24) is 10.3 Å². The van der Waals surface area contributed by atoms with Crippen LogP contribution in [0.4, 0.5) is 5.69 Å². The Morgan fingerprint density at radius 2 is 2.04 bits per heavy atom. The maximum Gasteiger partial charge on any atom is 0.253 e. The molecule has 2 aromatic rings. The van der Waals surface area contributed by atoms with Crippen molar-refractivity contribution >= 4 is 23.2 Å². The van der Waals surface area contributed by atoms with Gasteiger partial charge >= 0.3 is 0 Å². The summed E-state index contributed by atoms with van der Waals surface area (Å²) in [5.74, 6) is -0.147. The standard InChI is InChI=1S/C21H26ClN3O/c1-3-19(20-15(2)8-7-11-23-20)24-21(26)17-14-16(9-10-18(17)22)25-12-5-4-6-13-25/h7-11,14,19H,3-6,12-13H2,1-2H3,(H,24,26)/t19-/m0/s1. The number of anilines is 1. The smallest absolute Gasteiger partial charge is 0.253 e. The van der Waals surface area contributed by atoms with Gasteiger partial charge in [-0.25, -0.2) is 0 Å². The minimum absolute atomic E-state index is 0.126. The molecular weight excluding hydrogens is 346 g/mol. The highest BCUT2D eigenvalue weighted by Gasteiger charge is 2.20. The second-order valence-corrected chi connectivity index (χ2v) is 7.26. The van der Waals surface area contributed by atoms with E-state index in [1.807, 2.05) is 44.2 Å². The van der Waals surface area contributed by atoms with E-state index in [9.17, 15) is 4.79 Å². The molecule has 1 atom stereocenters. The van der Waals surface area contributed by atoms with Crippen molar-refractivity contribution in [1.29, 1.82) is 0 Å². The summed E-state index contributed by atoms with van der Waals surface area (Å²) in [6, 6.07) is 9.55. The third-order valence-corrected chi connectivity index (χ3v) is 5.34. The quantitative estimate of drug-likeness (QED) is 0.811. The number of hydrogen-bond donors (Lipinski definition) is 1. The molecule has 1 fully saturated rings. The van der Waals surface area contributed by atoms with E-state index in [2.05, 4.69) is 15.2 Å². The molecule has 0 radical (unpaired) electrons. The largest absolute Gasteiger partial charge is 0.372 e. The van der Waals surface area contributed by atoms with Crippen LogP contribution in [0.3, 0.4) is 0 Å². The Bertz CT molecular complexity index is 772. The average molecular weight is 372 g/mol. The second kappa shape index (κ2) is 8.54. The number of aryl methyl sites for hydroxylation is 1. The number of halogens is 1. The molecule has 1 saturated heterocycles. The molecule has 4 nitrogen and oxygen atoms in total. The zero-order valence-electron chi connectivity index (χ0n) is 15.5. The second-order valence-electron chi connectivity index (χ2n) is 6.85. The fraction of sp³-hybridized carbons (Fsp3) is 0.429. The number of piperidine rings is 1. The number of amides is 1. The molecule has 5 heteroatoms. The van der Waals surface area contributed by atoms with Crippen LogP contribution in [-0.2, 0) is 0 Å². The average Bonchev–Trinajstić information content (AvgIpc) is 2.67. The first-order chi connectivity index (χ1) is 12.6. The van der Waals surface area contributed by atoms with Crippen molar-refractivity contribution in [3.05, 3.63) is 58.4 Å². The van der Waals surface area contributed by atoms with Gasteiger partial charge < -0.3 is 10.2 Å². The minimum atomic E-state index is -0.147. The van der Waals surface area contributed by atoms with E-state index in [-0.39, 0.29) is 11.9 Å². The van der Waals surface area contributed by atoms with Gasteiger partial charge in [-0.15, -0.1) is 0 Å². The van der Waals surface area contributed by atoms with Crippen LogP contribution in [-0.4, -0.2) is 24.0 Å². The molecule has 138 valence electrons. The van der Waals surface area contributed by atoms with Gasteiger partial charge in [0, 0.05) is 25.0 Å². The molecule has 1 aliphatic rings. The third kappa shape index (κ3) is 4.18. The Morgan fingerprint density at radius 1 is 1.27 bits per heavy atom. The molecular formula is C21H26ClN3O. The summed E-state index contributed by atoms with van der Waals surface area (Å²) >= 11 is 6.34. The molecule has 26 heavy (non-hydrogen) atoms. The number of nitrogens with one attached hydrogen (secondary N) is 1. The first-order valence-corrected chi connectivity index (χ1v) is 9.75. The van der Waals surface area contributed by atoms with Crippen LogP contribution in [0.1, 0.15) is 60.3 Å². The van der Waals surface area contributed by atoms with E-state index in [4.69, 9.17) is 11.6 Å². The first-order valence-electron chi connectivity index (χ1n) is 9.37. The Labute approximate surface area is 160 Å². The minimum Gasteiger partial charge on any atom is -0.372 e. The number of rotatable bonds is 5. The van der Waals surface area contributed by atoms with Gasteiger partial charge in [0.2, 0.25) is 0 Å². The summed E-state index contributed by atoms with van der Waals surface area (Å²) in [7, 11) is 0. The fourth-order valence-electron chi connectivity index (χ4n) is 3.50. The molecule has 0 bridgehead atoms. The molecule has 0 spiro atoms. The predicted octanol–water partition coefficient (Wildman–Crippen LogP) is 4.91. The van der Waals surface area contributed by atoms with E-state index in [1.165, 1.54) is 19.3 Å². The van der Waals surface area contributed by atoms with Crippen molar-refractivity contribution < 1.29 is 4.79 Å². The molecule has 1 N–H and O–H groups in total. The zero-order valence-corrected chi connectivity index (χ0v) is 16.2. The number of hydrogen-bond acceptors (Lipinski definition) is 3. The summed E-state index contributed by atoms with van der Waals surface area (Å²) < 4.78 is 0. The number of aromatic nitrogens is 1. The number of carbonyl (C=O) groups is 1. The molecule has 1 amide bonds. The zero-order chi connectivity index (χ0) is 18.5. The van der Waals surface area contributed by atoms with Gasteiger partial charge in [-0.2, -0.15) is 0 Å². The number of carbonyl (C=O) groups excluding carboxylic acids is 1. The Morgan fingerprint density at radius 3 is 2.73 bits per heavy atom. The molecule has 1 aromatic heterocycles. The van der Waals surface area contributed by atoms with E-state index >= 15 is 0 Å². The van der Waals surface area contributed by atoms with Gasteiger partial charge in [0.25, 0.3) is 5.91 Å². The number of benzene rings is 1. The van der Waals surface area contributed by atoms with E-state index in [1.54, 1.807) is 6.20 Å². The van der Waals surface area contributed by atoms with Crippen molar-refractivity contribution in [2.45, 2.75) is 45.6 Å². The van der Waals surface area contributed by atoms with Crippen molar-refractivity contribution in [2.24, 2.45) is 0 Å². The predicted molar refractivity (Wildman–Crippen MR) is 107 cm³/mol. The SMILES string of the molecule is CC[C@H](NC(=O)c1cc(N2CCCCC2)ccc1Cl)c1ncccc1C. The van der Waals surface area contributed by atoms with Gasteiger partial charge in [0.05, 0.1) is 22.3 Å². The Balaban J connectivity index is 1.81. The molecule has 3 rings (SSSR count). The maximum absolute atomic E-state index is 12.9. The van der Waals surface area contributed by atoms with Crippen LogP contribution in [0.25, 0.3) is 0 Å². The molecule has 1 aliphatic heterocycles. The monoisotopic (exact) mass is 371 g/mol. The Hall–Kier alpha value is -2.07. The molecule has 2 heterocycles. The summed E-state index contributed by atoms with van der Waals surface area (Å²) in [5, 5.41) is 3.59. The maximum atomic E-state index is 12.9. The lowest BCUT2D eigenvalue weighted by Crippen LogP contribution is -2.31. The highest BCUT2D eigenvalue weighted by molar-refractivity contribution is 6.34. The van der Waals surface area contributed by atoms with Crippen molar-refractivity contribution in [3.8, 4) is 0 Å². The van der Waals surface area contributed by atoms with Crippen LogP contribution in [0.15, 0.2) is 36.5 Å². The van der Waals surface area contributed by atoms with Crippen LogP contribution in [0.2, 0.25) is 5.02 Å². The summed E-state index contributed by atoms with van der Waals surface area (Å²) in [6.45, 7) is 6.13. The van der Waals surface area contributed by atoms with Gasteiger partial charge in [-0.1, -0.05) is 24.6 Å². The lowest BCUT2D eigenvalue weighted by Gasteiger charge is -2.29.